The monoisotopic (exact) mass is 392 g/mol. The van der Waals surface area contributed by atoms with E-state index in [1.54, 1.807) is 0 Å². The van der Waals surface area contributed by atoms with Crippen molar-refractivity contribution in [3.63, 3.8) is 0 Å². The fourth-order valence-corrected chi connectivity index (χ4v) is 3.36. The molecule has 1 saturated carbocycles. The van der Waals surface area contributed by atoms with E-state index >= 15 is 0 Å². The van der Waals surface area contributed by atoms with E-state index in [1.165, 1.54) is 36.0 Å². The van der Waals surface area contributed by atoms with Crippen molar-refractivity contribution < 1.29 is 0 Å². The number of hydrogen-bond donors (Lipinski definition) is 1. The highest BCUT2D eigenvalue weighted by molar-refractivity contribution is 5.30. The van der Waals surface area contributed by atoms with E-state index in [4.69, 9.17) is 0 Å². The van der Waals surface area contributed by atoms with Crippen molar-refractivity contribution in [2.75, 3.05) is 0 Å². The minimum Gasteiger partial charge on any atom is -0.380 e. The molecule has 2 aromatic rings. The molecule has 0 radical (unpaired) electrons. The number of allylic oxidation sites excluding steroid dienone is 1. The Kier molecular flexibility index (Phi) is 8.49. The fraction of sp³-hybridized carbons (Fsp3) is 0.519. The van der Waals surface area contributed by atoms with E-state index in [-0.39, 0.29) is 6.04 Å². The van der Waals surface area contributed by atoms with Crippen LogP contribution in [-0.2, 0) is 12.8 Å². The van der Waals surface area contributed by atoms with E-state index in [9.17, 15) is 0 Å². The summed E-state index contributed by atoms with van der Waals surface area (Å²) in [7, 11) is 0. The number of nitrogens with one attached hydrogen (secondary N) is 1. The lowest BCUT2D eigenvalue weighted by Crippen LogP contribution is -2.19. The minimum absolute atomic E-state index is 0.167. The van der Waals surface area contributed by atoms with Crippen LogP contribution >= 0.6 is 0 Å². The first kappa shape index (κ1) is 23.2. The number of pyridine rings is 1. The van der Waals surface area contributed by atoms with Gasteiger partial charge in [-0.3, -0.25) is 4.98 Å². The maximum atomic E-state index is 4.67. The van der Waals surface area contributed by atoms with Gasteiger partial charge in [-0.25, -0.2) is 0 Å². The summed E-state index contributed by atoms with van der Waals surface area (Å²) in [6.07, 6.45) is 7.86. The Labute approximate surface area is 178 Å². The number of aryl methyl sites for hydroxylation is 1. The van der Waals surface area contributed by atoms with Crippen molar-refractivity contribution in [3.05, 3.63) is 77.3 Å². The standard InChI is InChI=1S/C25H34N2.C2H6/c1-18(16-20-6-9-22(10-7-20)23-11-12-23)27-19(2)24-13-8-21(17-26-24)14-15-25(3,4)5;1-2/h6-10,13,17,19,23,27H,1,11-12,14-16H2,2-5H3;1-2H3. The second-order valence-corrected chi connectivity index (χ2v) is 9.31. The van der Waals surface area contributed by atoms with Crippen molar-refractivity contribution in [2.24, 2.45) is 5.41 Å². The van der Waals surface area contributed by atoms with Gasteiger partial charge in [0.1, 0.15) is 0 Å². The fourth-order valence-electron chi connectivity index (χ4n) is 3.36. The summed E-state index contributed by atoms with van der Waals surface area (Å²) in [4.78, 5) is 4.67. The van der Waals surface area contributed by atoms with Gasteiger partial charge in [-0.2, -0.15) is 0 Å². The summed E-state index contributed by atoms with van der Waals surface area (Å²) < 4.78 is 0. The number of benzene rings is 1. The molecule has 1 aromatic heterocycles. The van der Waals surface area contributed by atoms with Crippen LogP contribution in [0.25, 0.3) is 0 Å². The Balaban J connectivity index is 0.00000145. The third kappa shape index (κ3) is 8.04. The summed E-state index contributed by atoms with van der Waals surface area (Å²) in [6.45, 7) is 17.2. The Hall–Kier alpha value is -2.09. The molecule has 1 aromatic carbocycles. The lowest BCUT2D eigenvalue weighted by molar-refractivity contribution is 0.378. The Morgan fingerprint density at radius 2 is 1.69 bits per heavy atom. The van der Waals surface area contributed by atoms with E-state index in [2.05, 4.69) is 81.0 Å². The number of hydrogen-bond acceptors (Lipinski definition) is 2. The lowest BCUT2D eigenvalue weighted by atomic mass is 9.89. The van der Waals surface area contributed by atoms with Crippen molar-refractivity contribution in [3.8, 4) is 0 Å². The molecule has 1 aliphatic rings. The van der Waals surface area contributed by atoms with Gasteiger partial charge in [-0.15, -0.1) is 0 Å². The molecule has 1 fully saturated rings. The van der Waals surface area contributed by atoms with Crippen LogP contribution < -0.4 is 5.32 Å². The third-order valence-corrected chi connectivity index (χ3v) is 5.32. The molecule has 0 amide bonds. The first-order chi connectivity index (χ1) is 13.8. The van der Waals surface area contributed by atoms with Gasteiger partial charge in [0.05, 0.1) is 11.7 Å². The number of nitrogens with zero attached hydrogens (tertiary/aromatic N) is 1. The van der Waals surface area contributed by atoms with Crippen LogP contribution in [0.1, 0.15) is 95.1 Å². The predicted octanol–water partition coefficient (Wildman–Crippen LogP) is 7.37. The molecule has 0 bridgehead atoms. The Morgan fingerprint density at radius 3 is 2.21 bits per heavy atom. The summed E-state index contributed by atoms with van der Waals surface area (Å²) >= 11 is 0. The maximum Gasteiger partial charge on any atom is 0.0654 e. The van der Waals surface area contributed by atoms with E-state index in [1.807, 2.05) is 20.0 Å². The molecule has 1 N–H and O–H groups in total. The van der Waals surface area contributed by atoms with Gasteiger partial charge in [0, 0.05) is 18.3 Å². The van der Waals surface area contributed by atoms with Gasteiger partial charge in [-0.1, -0.05) is 71.5 Å². The third-order valence-electron chi connectivity index (χ3n) is 5.32. The zero-order valence-electron chi connectivity index (χ0n) is 19.4. The van der Waals surface area contributed by atoms with Crippen molar-refractivity contribution in [1.82, 2.24) is 10.3 Å². The largest absolute Gasteiger partial charge is 0.380 e. The molecule has 3 rings (SSSR count). The highest BCUT2D eigenvalue weighted by atomic mass is 14.9. The van der Waals surface area contributed by atoms with Crippen molar-refractivity contribution >= 4 is 0 Å². The molecule has 29 heavy (non-hydrogen) atoms. The van der Waals surface area contributed by atoms with E-state index < -0.39 is 0 Å². The normalized spacial score (nSPS) is 14.6. The van der Waals surface area contributed by atoms with Crippen LogP contribution in [0, 0.1) is 5.41 Å². The topological polar surface area (TPSA) is 24.9 Å². The van der Waals surface area contributed by atoms with Gasteiger partial charge in [0.15, 0.2) is 0 Å². The van der Waals surface area contributed by atoms with Crippen LogP contribution in [0.3, 0.4) is 0 Å². The summed E-state index contributed by atoms with van der Waals surface area (Å²) in [5, 5.41) is 3.51. The van der Waals surface area contributed by atoms with Crippen LogP contribution in [0.4, 0.5) is 0 Å². The summed E-state index contributed by atoms with van der Waals surface area (Å²) in [5.41, 5.74) is 6.59. The smallest absolute Gasteiger partial charge is 0.0654 e. The molecule has 2 nitrogen and oxygen atoms in total. The quantitative estimate of drug-likeness (QED) is 0.507. The maximum absolute atomic E-state index is 4.67. The average Bonchev–Trinajstić information content (AvgIpc) is 3.53. The van der Waals surface area contributed by atoms with Crippen molar-refractivity contribution in [1.29, 1.82) is 0 Å². The van der Waals surface area contributed by atoms with Gasteiger partial charge >= 0.3 is 0 Å². The molecular formula is C27H40N2. The zero-order chi connectivity index (χ0) is 21.4. The average molecular weight is 393 g/mol. The minimum atomic E-state index is 0.167. The Morgan fingerprint density at radius 1 is 1.07 bits per heavy atom. The van der Waals surface area contributed by atoms with Gasteiger partial charge < -0.3 is 5.32 Å². The first-order valence-corrected chi connectivity index (χ1v) is 11.3. The van der Waals surface area contributed by atoms with Crippen LogP contribution in [0.5, 0.6) is 0 Å². The Bertz CT molecular complexity index is 747. The van der Waals surface area contributed by atoms with E-state index in [0.29, 0.717) is 5.41 Å². The number of rotatable bonds is 8. The van der Waals surface area contributed by atoms with Crippen LogP contribution in [0.2, 0.25) is 0 Å². The summed E-state index contributed by atoms with van der Waals surface area (Å²) in [6, 6.07) is 13.6. The number of aromatic nitrogens is 1. The molecule has 158 valence electrons. The highest BCUT2D eigenvalue weighted by Gasteiger charge is 2.22. The van der Waals surface area contributed by atoms with Crippen molar-refractivity contribution in [2.45, 2.75) is 85.6 Å². The van der Waals surface area contributed by atoms with E-state index in [0.717, 1.165) is 30.2 Å². The molecule has 0 saturated heterocycles. The second kappa shape index (κ2) is 10.6. The molecular weight excluding hydrogens is 352 g/mol. The van der Waals surface area contributed by atoms with Gasteiger partial charge in [-0.05, 0) is 66.7 Å². The first-order valence-electron chi connectivity index (χ1n) is 11.3. The highest BCUT2D eigenvalue weighted by Crippen LogP contribution is 2.39. The van der Waals surface area contributed by atoms with Gasteiger partial charge in [0.25, 0.3) is 0 Å². The molecule has 0 aliphatic heterocycles. The molecule has 2 heteroatoms. The molecule has 1 unspecified atom stereocenters. The molecule has 1 atom stereocenters. The zero-order valence-corrected chi connectivity index (χ0v) is 19.4. The SMILES string of the molecule is C=C(Cc1ccc(C2CC2)cc1)NC(C)c1ccc(CCC(C)(C)C)cn1.CC. The van der Waals surface area contributed by atoms with Crippen LogP contribution in [-0.4, -0.2) is 4.98 Å². The molecule has 1 aliphatic carbocycles. The second-order valence-electron chi connectivity index (χ2n) is 9.31. The molecule has 1 heterocycles. The lowest BCUT2D eigenvalue weighted by Gasteiger charge is -2.19. The predicted molar refractivity (Wildman–Crippen MR) is 126 cm³/mol. The van der Waals surface area contributed by atoms with Crippen LogP contribution in [0.15, 0.2) is 54.9 Å². The summed E-state index contributed by atoms with van der Waals surface area (Å²) in [5.74, 6) is 0.817. The molecule has 0 spiro atoms. The van der Waals surface area contributed by atoms with Gasteiger partial charge in [0.2, 0.25) is 0 Å².